The summed E-state index contributed by atoms with van der Waals surface area (Å²) in [5, 5.41) is 3.79. The summed E-state index contributed by atoms with van der Waals surface area (Å²) in [4.78, 5) is 5.87. The Morgan fingerprint density at radius 1 is 1.13 bits per heavy atom. The number of hydrogen-bond acceptors (Lipinski definition) is 3. The Kier molecular flexibility index (Phi) is 4.06. The van der Waals surface area contributed by atoms with Crippen molar-refractivity contribution in [2.24, 2.45) is 15.9 Å². The molecule has 1 unspecified atom stereocenters. The molecule has 1 aliphatic heterocycles. The molecule has 0 fully saturated rings. The van der Waals surface area contributed by atoms with Crippen molar-refractivity contribution in [3.8, 4) is 0 Å². The van der Waals surface area contributed by atoms with Gasteiger partial charge in [0.05, 0.1) is 5.69 Å². The molecule has 4 nitrogen and oxygen atoms in total. The first-order valence-electron chi connectivity index (χ1n) is 7.31. The van der Waals surface area contributed by atoms with Gasteiger partial charge in [0.25, 0.3) is 0 Å². The fourth-order valence-electron chi connectivity index (χ4n) is 2.68. The number of benzodiazepines with no additional fused rings is 1. The van der Waals surface area contributed by atoms with E-state index in [4.69, 9.17) is 5.84 Å². The van der Waals surface area contributed by atoms with Crippen LogP contribution in [0.25, 0.3) is 0 Å². The van der Waals surface area contributed by atoms with Gasteiger partial charge in [-0.3, -0.25) is 9.89 Å². The number of hydrogen-bond donors (Lipinski definition) is 1. The second kappa shape index (κ2) is 6.16. The first kappa shape index (κ1) is 15.1. The van der Waals surface area contributed by atoms with E-state index in [0.717, 1.165) is 5.56 Å². The van der Waals surface area contributed by atoms with Crippen molar-refractivity contribution >= 4 is 23.4 Å². The standard InChI is InChI=1S/C17H16F2N4/c1-2-14-17(22-20)23(16-12(18)7-5-8-13(16)19)15-9-4-3-6-11(15)10-21-14/h3-10,14H,2,20H2,1H3. The van der Waals surface area contributed by atoms with Crippen LogP contribution in [0.5, 0.6) is 0 Å². The Hall–Kier alpha value is -2.76. The molecule has 0 amide bonds. The number of rotatable bonds is 2. The smallest absolute Gasteiger partial charge is 0.158 e. The van der Waals surface area contributed by atoms with E-state index in [0.29, 0.717) is 17.9 Å². The molecule has 0 saturated carbocycles. The van der Waals surface area contributed by atoms with Crippen molar-refractivity contribution in [3.05, 3.63) is 59.7 Å². The van der Waals surface area contributed by atoms with E-state index in [1.807, 2.05) is 19.1 Å². The summed E-state index contributed by atoms with van der Waals surface area (Å²) < 4.78 is 28.8. The lowest BCUT2D eigenvalue weighted by molar-refractivity contribution is 0.586. The molecule has 0 radical (unpaired) electrons. The van der Waals surface area contributed by atoms with Crippen LogP contribution in [0, 0.1) is 11.6 Å². The van der Waals surface area contributed by atoms with Crippen LogP contribution in [0.1, 0.15) is 18.9 Å². The van der Waals surface area contributed by atoms with Crippen LogP contribution >= 0.6 is 0 Å². The van der Waals surface area contributed by atoms with Gasteiger partial charge >= 0.3 is 0 Å². The van der Waals surface area contributed by atoms with E-state index in [-0.39, 0.29) is 11.7 Å². The first-order chi connectivity index (χ1) is 11.2. The van der Waals surface area contributed by atoms with Crippen LogP contribution in [0.3, 0.4) is 0 Å². The number of aliphatic imine (C=N–C) groups is 1. The van der Waals surface area contributed by atoms with Crippen LogP contribution in [0.15, 0.2) is 52.6 Å². The molecule has 6 heteroatoms. The molecule has 0 aliphatic carbocycles. The van der Waals surface area contributed by atoms with E-state index in [1.54, 1.807) is 18.3 Å². The summed E-state index contributed by atoms with van der Waals surface area (Å²) in [5.74, 6) is 4.49. The Morgan fingerprint density at radius 3 is 2.48 bits per heavy atom. The van der Waals surface area contributed by atoms with E-state index >= 15 is 0 Å². The number of halogens is 2. The molecule has 1 atom stereocenters. The lowest BCUT2D eigenvalue weighted by Gasteiger charge is -2.28. The van der Waals surface area contributed by atoms with Gasteiger partial charge in [-0.05, 0) is 24.6 Å². The largest absolute Gasteiger partial charge is 0.321 e. The molecule has 2 aromatic carbocycles. The van der Waals surface area contributed by atoms with Gasteiger partial charge in [0, 0.05) is 11.8 Å². The van der Waals surface area contributed by atoms with Crippen LogP contribution < -0.4 is 10.7 Å². The minimum atomic E-state index is -0.683. The van der Waals surface area contributed by atoms with Gasteiger partial charge in [-0.2, -0.15) is 5.10 Å². The highest BCUT2D eigenvalue weighted by molar-refractivity contribution is 6.12. The molecule has 0 spiro atoms. The summed E-state index contributed by atoms with van der Waals surface area (Å²) in [6.07, 6.45) is 2.29. The quantitative estimate of drug-likeness (QED) is 0.680. The molecule has 0 bridgehead atoms. The number of anilines is 2. The van der Waals surface area contributed by atoms with Gasteiger partial charge < -0.3 is 5.84 Å². The number of benzene rings is 2. The average Bonchev–Trinajstić information content (AvgIpc) is 2.71. The average molecular weight is 314 g/mol. The molecule has 0 aromatic heterocycles. The molecular weight excluding hydrogens is 298 g/mol. The molecule has 2 N–H and O–H groups in total. The van der Waals surface area contributed by atoms with Crippen LogP contribution in [-0.4, -0.2) is 18.1 Å². The van der Waals surface area contributed by atoms with Crippen LogP contribution in [0.4, 0.5) is 20.2 Å². The zero-order valence-electron chi connectivity index (χ0n) is 12.6. The Balaban J connectivity index is 2.30. The molecule has 2 aromatic rings. The van der Waals surface area contributed by atoms with Crippen molar-refractivity contribution < 1.29 is 8.78 Å². The highest BCUT2D eigenvalue weighted by atomic mass is 19.1. The Morgan fingerprint density at radius 2 is 1.83 bits per heavy atom. The zero-order chi connectivity index (χ0) is 16.4. The summed E-state index contributed by atoms with van der Waals surface area (Å²) in [6, 6.07) is 10.6. The van der Waals surface area contributed by atoms with Crippen molar-refractivity contribution in [1.29, 1.82) is 0 Å². The van der Waals surface area contributed by atoms with E-state index in [2.05, 4.69) is 10.1 Å². The van der Waals surface area contributed by atoms with Gasteiger partial charge in [0.15, 0.2) is 5.84 Å². The maximum atomic E-state index is 14.4. The predicted octanol–water partition coefficient (Wildman–Crippen LogP) is 3.59. The normalized spacial score (nSPS) is 18.8. The highest BCUT2D eigenvalue weighted by Crippen LogP contribution is 2.35. The molecule has 118 valence electrons. The lowest BCUT2D eigenvalue weighted by Crippen LogP contribution is -2.36. The number of nitrogens with two attached hydrogens (primary N) is 1. The number of hydrazone groups is 1. The third-order valence-corrected chi connectivity index (χ3v) is 3.78. The molecular formula is C17H16F2N4. The summed E-state index contributed by atoms with van der Waals surface area (Å²) in [6.45, 7) is 1.92. The SMILES string of the molecule is CCC1N=Cc2ccccc2N(c2c(F)cccc2F)C1=NN. The fraction of sp³-hybridized carbons (Fsp3) is 0.176. The summed E-state index contributed by atoms with van der Waals surface area (Å²) in [7, 11) is 0. The molecule has 3 rings (SSSR count). The van der Waals surface area contributed by atoms with Crippen molar-refractivity contribution in [2.45, 2.75) is 19.4 Å². The second-order valence-corrected chi connectivity index (χ2v) is 5.15. The lowest BCUT2D eigenvalue weighted by atomic mass is 10.1. The van der Waals surface area contributed by atoms with E-state index in [9.17, 15) is 8.78 Å². The number of nitrogens with zero attached hydrogens (tertiary/aromatic N) is 3. The monoisotopic (exact) mass is 314 g/mol. The minimum Gasteiger partial charge on any atom is -0.321 e. The second-order valence-electron chi connectivity index (χ2n) is 5.15. The van der Waals surface area contributed by atoms with Gasteiger partial charge in [-0.15, -0.1) is 0 Å². The minimum absolute atomic E-state index is 0.201. The molecule has 0 saturated heterocycles. The predicted molar refractivity (Wildman–Crippen MR) is 88.2 cm³/mol. The van der Waals surface area contributed by atoms with Crippen LogP contribution in [0.2, 0.25) is 0 Å². The van der Waals surface area contributed by atoms with Gasteiger partial charge in [-0.25, -0.2) is 8.78 Å². The van der Waals surface area contributed by atoms with Crippen molar-refractivity contribution in [1.82, 2.24) is 0 Å². The number of para-hydroxylation sites is 2. The van der Waals surface area contributed by atoms with Crippen LogP contribution in [-0.2, 0) is 0 Å². The number of fused-ring (bicyclic) bond motifs is 1. The summed E-state index contributed by atoms with van der Waals surface area (Å²) in [5.41, 5.74) is 1.13. The fourth-order valence-corrected chi connectivity index (χ4v) is 2.68. The molecule has 23 heavy (non-hydrogen) atoms. The number of amidine groups is 1. The topological polar surface area (TPSA) is 54.0 Å². The molecule has 1 aliphatic rings. The van der Waals surface area contributed by atoms with Gasteiger partial charge in [0.2, 0.25) is 0 Å². The summed E-state index contributed by atoms with van der Waals surface area (Å²) >= 11 is 0. The van der Waals surface area contributed by atoms with E-state index < -0.39 is 11.6 Å². The van der Waals surface area contributed by atoms with Crippen molar-refractivity contribution in [3.63, 3.8) is 0 Å². The third kappa shape index (κ3) is 2.56. The Bertz CT molecular complexity index is 766. The van der Waals surface area contributed by atoms with Gasteiger partial charge in [0.1, 0.15) is 23.4 Å². The maximum absolute atomic E-state index is 14.4. The van der Waals surface area contributed by atoms with E-state index in [1.165, 1.54) is 23.1 Å². The third-order valence-electron chi connectivity index (χ3n) is 3.78. The van der Waals surface area contributed by atoms with Crippen molar-refractivity contribution in [2.75, 3.05) is 4.90 Å². The molecule has 1 heterocycles. The van der Waals surface area contributed by atoms with Gasteiger partial charge in [-0.1, -0.05) is 31.2 Å². The Labute approximate surface area is 132 Å². The zero-order valence-corrected chi connectivity index (χ0v) is 12.6. The highest BCUT2D eigenvalue weighted by Gasteiger charge is 2.30. The maximum Gasteiger partial charge on any atom is 0.158 e. The first-order valence-corrected chi connectivity index (χ1v) is 7.31.